The summed E-state index contributed by atoms with van der Waals surface area (Å²) in [4.78, 5) is 11.0. The number of nitrogens with one attached hydrogen (secondary N) is 1. The largest absolute Gasteiger partial charge is 0.493 e. The Hall–Kier alpha value is -1.22. The number of carbonyl (C=O) groups excluding carboxylic acids is 1. The minimum absolute atomic E-state index is 0.0203. The van der Waals surface area contributed by atoms with Gasteiger partial charge in [0, 0.05) is 12.1 Å². The first-order chi connectivity index (χ1) is 6.79. The third kappa shape index (κ3) is 1.82. The van der Waals surface area contributed by atoms with E-state index in [9.17, 15) is 4.79 Å². The van der Waals surface area contributed by atoms with Gasteiger partial charge in [0.05, 0.1) is 6.61 Å². The van der Waals surface area contributed by atoms with Crippen molar-refractivity contribution in [3.8, 4) is 5.75 Å². The molecular formula is C10H10ClNO2. The molecule has 74 valence electrons. The molecule has 0 aromatic heterocycles. The monoisotopic (exact) mass is 211 g/mol. The van der Waals surface area contributed by atoms with Crippen LogP contribution >= 0.6 is 11.6 Å². The summed E-state index contributed by atoms with van der Waals surface area (Å²) in [6.45, 7) is 0.724. The summed E-state index contributed by atoms with van der Waals surface area (Å²) in [7, 11) is 0. The Kier molecular flexibility index (Phi) is 2.59. The highest BCUT2D eigenvalue weighted by molar-refractivity contribution is 6.29. The smallest absolute Gasteiger partial charge is 0.239 e. The van der Waals surface area contributed by atoms with Crippen LogP contribution in [0.15, 0.2) is 18.2 Å². The predicted molar refractivity (Wildman–Crippen MR) is 55.0 cm³/mol. The van der Waals surface area contributed by atoms with Gasteiger partial charge in [-0.25, -0.2) is 0 Å². The van der Waals surface area contributed by atoms with Crippen LogP contribution in [0, 0.1) is 0 Å². The number of benzene rings is 1. The van der Waals surface area contributed by atoms with Gasteiger partial charge in [0.2, 0.25) is 5.91 Å². The van der Waals surface area contributed by atoms with E-state index in [2.05, 4.69) is 5.32 Å². The molecule has 1 aliphatic heterocycles. The quantitative estimate of drug-likeness (QED) is 0.758. The maximum Gasteiger partial charge on any atom is 0.239 e. The van der Waals surface area contributed by atoms with Crippen molar-refractivity contribution in [2.45, 2.75) is 6.42 Å². The first-order valence-corrected chi connectivity index (χ1v) is 4.94. The highest BCUT2D eigenvalue weighted by Gasteiger charge is 2.12. The van der Waals surface area contributed by atoms with Crippen LogP contribution in [0.5, 0.6) is 5.75 Å². The van der Waals surface area contributed by atoms with Crippen molar-refractivity contribution in [2.75, 3.05) is 17.8 Å². The second kappa shape index (κ2) is 3.88. The van der Waals surface area contributed by atoms with Crippen LogP contribution < -0.4 is 10.1 Å². The first kappa shape index (κ1) is 9.34. The number of halogens is 1. The third-order valence-corrected chi connectivity index (χ3v) is 2.34. The highest BCUT2D eigenvalue weighted by atomic mass is 35.5. The average Bonchev–Trinajstić information content (AvgIpc) is 2.64. The minimum Gasteiger partial charge on any atom is -0.493 e. The molecule has 2 rings (SSSR count). The van der Waals surface area contributed by atoms with Crippen LogP contribution in [-0.4, -0.2) is 18.4 Å². The van der Waals surface area contributed by atoms with Gasteiger partial charge in [-0.1, -0.05) is 0 Å². The van der Waals surface area contributed by atoms with Crippen molar-refractivity contribution in [1.29, 1.82) is 0 Å². The van der Waals surface area contributed by atoms with Crippen molar-refractivity contribution in [2.24, 2.45) is 0 Å². The molecule has 0 saturated heterocycles. The molecule has 0 fully saturated rings. The van der Waals surface area contributed by atoms with Gasteiger partial charge in [0.15, 0.2) is 0 Å². The van der Waals surface area contributed by atoms with Gasteiger partial charge in [-0.05, 0) is 23.8 Å². The van der Waals surface area contributed by atoms with Crippen LogP contribution in [0.1, 0.15) is 5.56 Å². The zero-order chi connectivity index (χ0) is 9.97. The normalized spacial score (nSPS) is 13.2. The molecule has 0 saturated carbocycles. The topological polar surface area (TPSA) is 38.3 Å². The fraction of sp³-hybridized carbons (Fsp3) is 0.300. The average molecular weight is 212 g/mol. The number of hydrogen-bond acceptors (Lipinski definition) is 2. The molecule has 0 radical (unpaired) electrons. The number of hydrogen-bond donors (Lipinski definition) is 1. The number of ether oxygens (including phenoxy) is 1. The van der Waals surface area contributed by atoms with Gasteiger partial charge in [-0.2, -0.15) is 0 Å². The fourth-order valence-electron chi connectivity index (χ4n) is 1.46. The predicted octanol–water partition coefficient (Wildman–Crippen LogP) is 1.80. The Balaban J connectivity index is 2.16. The molecule has 1 amide bonds. The summed E-state index contributed by atoms with van der Waals surface area (Å²) in [6.07, 6.45) is 0.903. The van der Waals surface area contributed by atoms with Gasteiger partial charge in [0.25, 0.3) is 0 Å². The number of carbonyl (C=O) groups is 1. The van der Waals surface area contributed by atoms with Crippen molar-refractivity contribution in [1.82, 2.24) is 0 Å². The number of fused-ring (bicyclic) bond motifs is 1. The van der Waals surface area contributed by atoms with E-state index in [4.69, 9.17) is 16.3 Å². The first-order valence-electron chi connectivity index (χ1n) is 4.41. The van der Waals surface area contributed by atoms with Crippen LogP contribution in [0.3, 0.4) is 0 Å². The zero-order valence-electron chi connectivity index (χ0n) is 7.55. The summed E-state index contributed by atoms with van der Waals surface area (Å²) in [5.74, 6) is 0.701. The van der Waals surface area contributed by atoms with Crippen molar-refractivity contribution >= 4 is 23.2 Å². The molecule has 1 aliphatic rings. The van der Waals surface area contributed by atoms with Gasteiger partial charge in [0.1, 0.15) is 11.6 Å². The molecule has 14 heavy (non-hydrogen) atoms. The van der Waals surface area contributed by atoms with Gasteiger partial charge >= 0.3 is 0 Å². The molecule has 0 unspecified atom stereocenters. The summed E-state index contributed by atoms with van der Waals surface area (Å²) in [5, 5.41) is 2.69. The number of amides is 1. The molecule has 3 nitrogen and oxygen atoms in total. The Morgan fingerprint density at radius 2 is 2.43 bits per heavy atom. The molecule has 1 heterocycles. The van der Waals surface area contributed by atoms with E-state index in [0.29, 0.717) is 0 Å². The Morgan fingerprint density at radius 3 is 3.21 bits per heavy atom. The SMILES string of the molecule is O=C(CCl)Nc1ccc2c(c1)CCO2. The van der Waals surface area contributed by atoms with Crippen LogP contribution in [0.25, 0.3) is 0 Å². The fourth-order valence-corrected chi connectivity index (χ4v) is 1.53. The molecular weight excluding hydrogens is 202 g/mol. The number of rotatable bonds is 2. The third-order valence-electron chi connectivity index (χ3n) is 2.09. The van der Waals surface area contributed by atoms with E-state index in [1.54, 1.807) is 0 Å². The van der Waals surface area contributed by atoms with E-state index in [0.717, 1.165) is 30.0 Å². The lowest BCUT2D eigenvalue weighted by molar-refractivity contribution is -0.113. The molecule has 0 spiro atoms. The molecule has 0 atom stereocenters. The van der Waals surface area contributed by atoms with Crippen LogP contribution in [0.2, 0.25) is 0 Å². The molecule has 4 heteroatoms. The maximum atomic E-state index is 11.0. The Morgan fingerprint density at radius 1 is 1.57 bits per heavy atom. The summed E-state index contributed by atoms with van der Waals surface area (Å²) in [5.41, 5.74) is 1.91. The van der Waals surface area contributed by atoms with Crippen molar-refractivity contribution < 1.29 is 9.53 Å². The van der Waals surface area contributed by atoms with Gasteiger partial charge in [-0.3, -0.25) is 4.79 Å². The number of anilines is 1. The standard InChI is InChI=1S/C10H10ClNO2/c11-6-10(13)12-8-1-2-9-7(5-8)3-4-14-9/h1-2,5H,3-4,6H2,(H,12,13). The second-order valence-electron chi connectivity index (χ2n) is 3.10. The summed E-state index contributed by atoms with van der Waals surface area (Å²) >= 11 is 5.38. The van der Waals surface area contributed by atoms with E-state index in [1.165, 1.54) is 0 Å². The van der Waals surface area contributed by atoms with Crippen molar-refractivity contribution in [3.05, 3.63) is 23.8 Å². The van der Waals surface area contributed by atoms with E-state index in [1.807, 2.05) is 18.2 Å². The Bertz CT molecular complexity index is 365. The lowest BCUT2D eigenvalue weighted by Crippen LogP contribution is -2.12. The molecule has 0 aliphatic carbocycles. The minimum atomic E-state index is -0.189. The van der Waals surface area contributed by atoms with Crippen molar-refractivity contribution in [3.63, 3.8) is 0 Å². The zero-order valence-corrected chi connectivity index (χ0v) is 8.30. The second-order valence-corrected chi connectivity index (χ2v) is 3.37. The lowest BCUT2D eigenvalue weighted by atomic mass is 10.1. The highest BCUT2D eigenvalue weighted by Crippen LogP contribution is 2.27. The molecule has 1 aromatic carbocycles. The van der Waals surface area contributed by atoms with E-state index >= 15 is 0 Å². The maximum absolute atomic E-state index is 11.0. The van der Waals surface area contributed by atoms with E-state index < -0.39 is 0 Å². The number of alkyl halides is 1. The summed E-state index contributed by atoms with van der Waals surface area (Å²) < 4.78 is 5.35. The van der Waals surface area contributed by atoms with Crippen LogP contribution in [-0.2, 0) is 11.2 Å². The van der Waals surface area contributed by atoms with Gasteiger partial charge in [-0.15, -0.1) is 11.6 Å². The Labute approximate surface area is 87.0 Å². The molecule has 1 N–H and O–H groups in total. The molecule has 0 bridgehead atoms. The summed E-state index contributed by atoms with van der Waals surface area (Å²) in [6, 6.07) is 5.60. The van der Waals surface area contributed by atoms with Crippen LogP contribution in [0.4, 0.5) is 5.69 Å². The van der Waals surface area contributed by atoms with Gasteiger partial charge < -0.3 is 10.1 Å². The molecule has 1 aromatic rings. The van der Waals surface area contributed by atoms with E-state index in [-0.39, 0.29) is 11.8 Å². The lowest BCUT2D eigenvalue weighted by Gasteiger charge is -2.04.